The van der Waals surface area contributed by atoms with Gasteiger partial charge in [0.05, 0.1) is 24.2 Å². The number of nitrogens with zero attached hydrogens (tertiary/aromatic N) is 4. The summed E-state index contributed by atoms with van der Waals surface area (Å²) in [5.41, 5.74) is 1.33. The predicted octanol–water partition coefficient (Wildman–Crippen LogP) is 1.41. The fourth-order valence-electron chi connectivity index (χ4n) is 3.40. The minimum absolute atomic E-state index is 0.0341. The Bertz CT molecular complexity index is 661. The third kappa shape index (κ3) is 3.73. The third-order valence-electron chi connectivity index (χ3n) is 4.64. The summed E-state index contributed by atoms with van der Waals surface area (Å²) in [6.07, 6.45) is 7.75. The summed E-state index contributed by atoms with van der Waals surface area (Å²) in [7, 11) is 3.73. The SMILES string of the molecule is CN(C)c1cncc(F)c1CN[C@@H]1CC(Cn2cccn2)C[C@H]1O. The van der Waals surface area contributed by atoms with Crippen LogP contribution < -0.4 is 10.2 Å². The van der Waals surface area contributed by atoms with Crippen molar-refractivity contribution in [3.8, 4) is 0 Å². The first-order valence-electron chi connectivity index (χ1n) is 8.23. The van der Waals surface area contributed by atoms with Crippen molar-refractivity contribution in [1.82, 2.24) is 20.1 Å². The summed E-state index contributed by atoms with van der Waals surface area (Å²) in [5.74, 6) is 0.0438. The second-order valence-corrected chi connectivity index (χ2v) is 6.63. The molecule has 1 fully saturated rings. The highest BCUT2D eigenvalue weighted by molar-refractivity contribution is 5.50. The highest BCUT2D eigenvalue weighted by Gasteiger charge is 2.33. The van der Waals surface area contributed by atoms with Crippen LogP contribution >= 0.6 is 0 Å². The second kappa shape index (κ2) is 7.27. The topological polar surface area (TPSA) is 66.2 Å². The van der Waals surface area contributed by atoms with Crippen LogP contribution in [0.2, 0.25) is 0 Å². The molecular formula is C17H24FN5O. The molecule has 1 unspecified atom stereocenters. The fourth-order valence-corrected chi connectivity index (χ4v) is 3.40. The molecule has 2 N–H and O–H groups in total. The smallest absolute Gasteiger partial charge is 0.148 e. The van der Waals surface area contributed by atoms with E-state index in [1.54, 1.807) is 12.4 Å². The van der Waals surface area contributed by atoms with E-state index in [1.165, 1.54) is 6.20 Å². The standard InChI is InChI=1S/C17H24FN5O/c1-22(2)16-10-19-9-14(18)13(16)8-20-15-6-12(7-17(15)24)11-23-5-3-4-21-23/h3-5,9-10,12,15,17,20,24H,6-8,11H2,1-2H3/t12?,15-,17-/m1/s1. The van der Waals surface area contributed by atoms with Crippen molar-refractivity contribution in [1.29, 1.82) is 0 Å². The lowest BCUT2D eigenvalue weighted by molar-refractivity contribution is 0.145. The summed E-state index contributed by atoms with van der Waals surface area (Å²) < 4.78 is 16.0. The van der Waals surface area contributed by atoms with E-state index in [0.29, 0.717) is 18.0 Å². The molecule has 0 aliphatic heterocycles. The molecule has 1 aliphatic carbocycles. The molecule has 1 aliphatic rings. The number of halogens is 1. The number of aliphatic hydroxyl groups is 1. The Balaban J connectivity index is 1.61. The van der Waals surface area contributed by atoms with Gasteiger partial charge in [0.15, 0.2) is 0 Å². The van der Waals surface area contributed by atoms with Crippen LogP contribution in [-0.2, 0) is 13.1 Å². The number of aromatic nitrogens is 3. The Hall–Kier alpha value is -1.99. The van der Waals surface area contributed by atoms with Gasteiger partial charge in [-0.15, -0.1) is 0 Å². The van der Waals surface area contributed by atoms with Crippen LogP contribution in [-0.4, -0.2) is 46.1 Å². The first-order chi connectivity index (χ1) is 11.5. The van der Waals surface area contributed by atoms with E-state index in [2.05, 4.69) is 15.4 Å². The molecule has 130 valence electrons. The minimum Gasteiger partial charge on any atom is -0.391 e. The molecule has 0 bridgehead atoms. The van der Waals surface area contributed by atoms with Gasteiger partial charge in [-0.25, -0.2) is 4.39 Å². The van der Waals surface area contributed by atoms with Gasteiger partial charge in [0.1, 0.15) is 5.82 Å². The average Bonchev–Trinajstić information content (AvgIpc) is 3.16. The van der Waals surface area contributed by atoms with E-state index < -0.39 is 6.10 Å². The van der Waals surface area contributed by atoms with Crippen LogP contribution in [0.3, 0.4) is 0 Å². The Kier molecular flexibility index (Phi) is 5.11. The molecule has 0 spiro atoms. The van der Waals surface area contributed by atoms with Gasteiger partial charge in [-0.2, -0.15) is 5.10 Å². The lowest BCUT2D eigenvalue weighted by atomic mass is 10.1. The van der Waals surface area contributed by atoms with Crippen molar-refractivity contribution in [2.75, 3.05) is 19.0 Å². The molecule has 0 aromatic carbocycles. The third-order valence-corrected chi connectivity index (χ3v) is 4.64. The first-order valence-corrected chi connectivity index (χ1v) is 8.23. The first kappa shape index (κ1) is 16.9. The quantitative estimate of drug-likeness (QED) is 0.837. The average molecular weight is 333 g/mol. The number of hydrogen-bond donors (Lipinski definition) is 2. The Morgan fingerprint density at radius 1 is 1.38 bits per heavy atom. The molecule has 2 aromatic heterocycles. The van der Waals surface area contributed by atoms with Gasteiger partial charge in [0.25, 0.3) is 0 Å². The zero-order valence-electron chi connectivity index (χ0n) is 14.1. The van der Waals surface area contributed by atoms with Gasteiger partial charge in [0, 0.05) is 51.2 Å². The summed E-state index contributed by atoms with van der Waals surface area (Å²) in [5, 5.41) is 17.8. The van der Waals surface area contributed by atoms with Crippen LogP contribution in [0, 0.1) is 11.7 Å². The number of pyridine rings is 1. The highest BCUT2D eigenvalue weighted by Crippen LogP contribution is 2.28. The van der Waals surface area contributed by atoms with Crippen LogP contribution in [0.1, 0.15) is 18.4 Å². The molecule has 7 heteroatoms. The van der Waals surface area contributed by atoms with Gasteiger partial charge in [-0.1, -0.05) is 0 Å². The zero-order valence-corrected chi connectivity index (χ0v) is 14.1. The molecular weight excluding hydrogens is 309 g/mol. The Labute approximate surface area is 141 Å². The lowest BCUT2D eigenvalue weighted by Gasteiger charge is -2.21. The number of aliphatic hydroxyl groups excluding tert-OH is 1. The normalized spacial score (nSPS) is 23.6. The maximum Gasteiger partial charge on any atom is 0.148 e. The molecule has 6 nitrogen and oxygen atoms in total. The van der Waals surface area contributed by atoms with Crippen LogP contribution in [0.4, 0.5) is 10.1 Å². The summed E-state index contributed by atoms with van der Waals surface area (Å²) in [6.45, 7) is 1.17. The van der Waals surface area contributed by atoms with Gasteiger partial charge in [0.2, 0.25) is 0 Å². The van der Waals surface area contributed by atoms with Crippen LogP contribution in [0.5, 0.6) is 0 Å². The molecule has 0 amide bonds. The number of rotatable bonds is 6. The van der Waals surface area contributed by atoms with Gasteiger partial charge in [-0.3, -0.25) is 9.67 Å². The van der Waals surface area contributed by atoms with Crippen molar-refractivity contribution in [2.24, 2.45) is 5.92 Å². The van der Waals surface area contributed by atoms with Crippen molar-refractivity contribution in [3.05, 3.63) is 42.2 Å². The second-order valence-electron chi connectivity index (χ2n) is 6.63. The molecule has 3 rings (SSSR count). The largest absolute Gasteiger partial charge is 0.391 e. The van der Waals surface area contributed by atoms with Crippen molar-refractivity contribution >= 4 is 5.69 Å². The predicted molar refractivity (Wildman–Crippen MR) is 90.1 cm³/mol. The molecule has 0 saturated heterocycles. The maximum absolute atomic E-state index is 14.1. The lowest BCUT2D eigenvalue weighted by Crippen LogP contribution is -2.35. The number of anilines is 1. The van der Waals surface area contributed by atoms with Crippen LogP contribution in [0.15, 0.2) is 30.9 Å². The Morgan fingerprint density at radius 3 is 2.92 bits per heavy atom. The molecule has 24 heavy (non-hydrogen) atoms. The Morgan fingerprint density at radius 2 is 2.21 bits per heavy atom. The molecule has 3 atom stereocenters. The van der Waals surface area contributed by atoms with Crippen molar-refractivity contribution in [2.45, 2.75) is 38.1 Å². The molecule has 0 radical (unpaired) electrons. The van der Waals surface area contributed by atoms with Gasteiger partial charge in [-0.05, 0) is 24.8 Å². The van der Waals surface area contributed by atoms with E-state index in [4.69, 9.17) is 0 Å². The van der Waals surface area contributed by atoms with Crippen molar-refractivity contribution in [3.63, 3.8) is 0 Å². The molecule has 2 heterocycles. The maximum atomic E-state index is 14.1. The monoisotopic (exact) mass is 333 g/mol. The van der Waals surface area contributed by atoms with Gasteiger partial charge >= 0.3 is 0 Å². The van der Waals surface area contributed by atoms with E-state index in [0.717, 1.165) is 25.1 Å². The molecule has 2 aromatic rings. The van der Waals surface area contributed by atoms with Crippen molar-refractivity contribution < 1.29 is 9.50 Å². The molecule has 1 saturated carbocycles. The van der Waals surface area contributed by atoms with E-state index >= 15 is 0 Å². The highest BCUT2D eigenvalue weighted by atomic mass is 19.1. The summed E-state index contributed by atoms with van der Waals surface area (Å²) in [6, 6.07) is 1.86. The number of nitrogens with one attached hydrogen (secondary N) is 1. The summed E-state index contributed by atoms with van der Waals surface area (Å²) >= 11 is 0. The van der Waals surface area contributed by atoms with E-state index in [1.807, 2.05) is 35.9 Å². The van der Waals surface area contributed by atoms with Gasteiger partial charge < -0.3 is 15.3 Å². The van der Waals surface area contributed by atoms with Crippen LogP contribution in [0.25, 0.3) is 0 Å². The fraction of sp³-hybridized carbons (Fsp3) is 0.529. The van der Waals surface area contributed by atoms with E-state index in [-0.39, 0.29) is 11.9 Å². The number of hydrogen-bond acceptors (Lipinski definition) is 5. The minimum atomic E-state index is -0.418. The summed E-state index contributed by atoms with van der Waals surface area (Å²) in [4.78, 5) is 5.76. The van der Waals surface area contributed by atoms with E-state index in [9.17, 15) is 9.50 Å². The zero-order chi connectivity index (χ0) is 17.1.